The summed E-state index contributed by atoms with van der Waals surface area (Å²) in [6, 6.07) is 2.95. The summed E-state index contributed by atoms with van der Waals surface area (Å²) in [4.78, 5) is 22.8. The smallest absolute Gasteiger partial charge is 0.436 e. The summed E-state index contributed by atoms with van der Waals surface area (Å²) < 4.78 is 16.9. The lowest BCUT2D eigenvalue weighted by molar-refractivity contribution is 0.112. The van der Waals surface area contributed by atoms with Crippen LogP contribution in [-0.2, 0) is 0 Å². The van der Waals surface area contributed by atoms with E-state index in [-0.39, 0.29) is 17.2 Å². The molecule has 0 radical (unpaired) electrons. The summed E-state index contributed by atoms with van der Waals surface area (Å²) in [5.41, 5.74) is 0.366. The molecule has 0 aromatic heterocycles. The number of amides is 1. The van der Waals surface area contributed by atoms with Gasteiger partial charge in [-0.15, -0.1) is 0 Å². The lowest BCUT2D eigenvalue weighted by Gasteiger charge is -2.18. The molecule has 0 saturated heterocycles. The van der Waals surface area contributed by atoms with Crippen LogP contribution in [0.3, 0.4) is 0 Å². The zero-order chi connectivity index (χ0) is 15.1. The van der Waals surface area contributed by atoms with Gasteiger partial charge in [-0.05, 0) is 36.0 Å². The molecule has 1 rings (SSSR count). The molecule has 0 bridgehead atoms. The Bertz CT molecular complexity index is 466. The summed E-state index contributed by atoms with van der Waals surface area (Å²) in [5.74, 6) is 0.641. The second kappa shape index (κ2) is 7.91. The van der Waals surface area contributed by atoms with Gasteiger partial charge >= 0.3 is 6.09 Å². The lowest BCUT2D eigenvalue weighted by atomic mass is 10.2. The van der Waals surface area contributed by atoms with E-state index in [0.29, 0.717) is 11.8 Å². The first kappa shape index (κ1) is 16.5. The van der Waals surface area contributed by atoms with Crippen molar-refractivity contribution in [2.24, 2.45) is 0 Å². The fourth-order valence-corrected chi connectivity index (χ4v) is 2.39. The van der Waals surface area contributed by atoms with Crippen LogP contribution in [0, 0.1) is 0 Å². The minimum Gasteiger partial charge on any atom is -0.493 e. The molecular formula is C12H15NO5S2. The molecule has 0 heterocycles. The zero-order valence-corrected chi connectivity index (χ0v) is 13.2. The quantitative estimate of drug-likeness (QED) is 0.590. The highest BCUT2D eigenvalue weighted by atomic mass is 32.2. The minimum absolute atomic E-state index is 0.138. The van der Waals surface area contributed by atoms with Crippen LogP contribution in [0.5, 0.6) is 17.2 Å². The van der Waals surface area contributed by atoms with Crippen LogP contribution in [0.1, 0.15) is 10.4 Å². The third-order valence-corrected chi connectivity index (χ3v) is 4.14. The SMILES string of the molecule is COc1cc(C=O)cc(OC)c1OC(=O)N(SC)SC. The van der Waals surface area contributed by atoms with E-state index < -0.39 is 6.09 Å². The van der Waals surface area contributed by atoms with Crippen LogP contribution in [0.2, 0.25) is 0 Å². The third-order valence-electron chi connectivity index (χ3n) is 2.29. The molecule has 0 aliphatic rings. The average Bonchev–Trinajstić information content (AvgIpc) is 2.48. The molecule has 0 aliphatic carbocycles. The maximum Gasteiger partial charge on any atom is 0.436 e. The maximum absolute atomic E-state index is 11.9. The van der Waals surface area contributed by atoms with Crippen molar-refractivity contribution < 1.29 is 23.8 Å². The number of nitrogens with zero attached hydrogens (tertiary/aromatic N) is 1. The van der Waals surface area contributed by atoms with E-state index in [1.54, 1.807) is 12.5 Å². The topological polar surface area (TPSA) is 65.1 Å². The van der Waals surface area contributed by atoms with Gasteiger partial charge in [0.2, 0.25) is 5.75 Å². The van der Waals surface area contributed by atoms with Crippen molar-refractivity contribution in [3.8, 4) is 17.2 Å². The summed E-state index contributed by atoms with van der Waals surface area (Å²) in [7, 11) is 2.84. The number of hydrogen-bond acceptors (Lipinski definition) is 7. The van der Waals surface area contributed by atoms with Crippen LogP contribution >= 0.6 is 23.9 Å². The van der Waals surface area contributed by atoms with Crippen molar-refractivity contribution in [2.45, 2.75) is 0 Å². The molecule has 1 aromatic carbocycles. The first-order chi connectivity index (χ1) is 9.60. The van der Waals surface area contributed by atoms with Gasteiger partial charge in [0.15, 0.2) is 11.5 Å². The van der Waals surface area contributed by atoms with Gasteiger partial charge in [-0.3, -0.25) is 4.79 Å². The Hall–Kier alpha value is -1.54. The molecule has 0 saturated carbocycles. The van der Waals surface area contributed by atoms with Gasteiger partial charge in [0.1, 0.15) is 6.29 Å². The molecular weight excluding hydrogens is 302 g/mol. The van der Waals surface area contributed by atoms with E-state index in [4.69, 9.17) is 14.2 Å². The van der Waals surface area contributed by atoms with Crippen LogP contribution in [0.4, 0.5) is 4.79 Å². The van der Waals surface area contributed by atoms with Crippen molar-refractivity contribution >= 4 is 36.3 Å². The van der Waals surface area contributed by atoms with Gasteiger partial charge in [-0.1, -0.05) is 0 Å². The van der Waals surface area contributed by atoms with E-state index >= 15 is 0 Å². The van der Waals surface area contributed by atoms with E-state index in [1.165, 1.54) is 54.0 Å². The molecule has 0 N–H and O–H groups in total. The molecule has 20 heavy (non-hydrogen) atoms. The standard InChI is InChI=1S/C12H15NO5S2/c1-16-9-5-8(7-14)6-10(17-2)11(9)18-12(15)13(19-3)20-4/h5-7H,1-4H3. The number of methoxy groups -OCH3 is 2. The molecule has 110 valence electrons. The molecule has 8 heteroatoms. The van der Waals surface area contributed by atoms with Gasteiger partial charge < -0.3 is 14.2 Å². The molecule has 1 aromatic rings. The first-order valence-electron chi connectivity index (χ1n) is 5.42. The number of benzene rings is 1. The molecule has 6 nitrogen and oxygen atoms in total. The normalized spacial score (nSPS) is 9.80. The number of aldehydes is 1. The monoisotopic (exact) mass is 317 g/mol. The van der Waals surface area contributed by atoms with E-state index in [0.717, 1.165) is 0 Å². The van der Waals surface area contributed by atoms with Crippen LogP contribution in [-0.4, -0.2) is 42.8 Å². The van der Waals surface area contributed by atoms with Crippen LogP contribution in [0.25, 0.3) is 0 Å². The molecule has 0 atom stereocenters. The largest absolute Gasteiger partial charge is 0.493 e. The Labute approximate surface area is 126 Å². The molecule has 1 amide bonds. The highest BCUT2D eigenvalue weighted by Gasteiger charge is 2.21. The Morgan fingerprint density at radius 3 is 2.00 bits per heavy atom. The van der Waals surface area contributed by atoms with Crippen molar-refractivity contribution in [3.63, 3.8) is 0 Å². The second-order valence-electron chi connectivity index (χ2n) is 3.36. The highest BCUT2D eigenvalue weighted by Crippen LogP contribution is 2.39. The fourth-order valence-electron chi connectivity index (χ4n) is 1.42. The number of hydrogen-bond donors (Lipinski definition) is 0. The van der Waals surface area contributed by atoms with Crippen molar-refractivity contribution in [2.75, 3.05) is 26.7 Å². The molecule has 0 aliphatic heterocycles. The number of rotatable bonds is 6. The van der Waals surface area contributed by atoms with Gasteiger partial charge in [-0.25, -0.2) is 4.79 Å². The second-order valence-corrected chi connectivity index (χ2v) is 5.05. The maximum atomic E-state index is 11.9. The Balaban J connectivity index is 3.15. The van der Waals surface area contributed by atoms with Crippen molar-refractivity contribution in [1.29, 1.82) is 0 Å². The third kappa shape index (κ3) is 3.73. The van der Waals surface area contributed by atoms with Gasteiger partial charge in [0, 0.05) is 18.1 Å². The summed E-state index contributed by atoms with van der Waals surface area (Å²) in [5, 5.41) is 0. The van der Waals surface area contributed by atoms with Gasteiger partial charge in [0.25, 0.3) is 0 Å². The van der Waals surface area contributed by atoms with E-state index in [1.807, 2.05) is 0 Å². The predicted molar refractivity (Wildman–Crippen MR) is 79.8 cm³/mol. The van der Waals surface area contributed by atoms with Crippen LogP contribution in [0.15, 0.2) is 12.1 Å². The van der Waals surface area contributed by atoms with Crippen molar-refractivity contribution in [3.05, 3.63) is 17.7 Å². The Kier molecular flexibility index (Phi) is 6.53. The first-order valence-corrected chi connectivity index (χ1v) is 7.78. The zero-order valence-electron chi connectivity index (χ0n) is 11.5. The Morgan fingerprint density at radius 2 is 1.65 bits per heavy atom. The molecule has 0 unspecified atom stereocenters. The van der Waals surface area contributed by atoms with Gasteiger partial charge in [0.05, 0.1) is 14.2 Å². The van der Waals surface area contributed by atoms with E-state index in [9.17, 15) is 9.59 Å². The molecule has 0 spiro atoms. The number of ether oxygens (including phenoxy) is 3. The summed E-state index contributed by atoms with van der Waals surface area (Å²) >= 11 is 2.43. The highest BCUT2D eigenvalue weighted by molar-refractivity contribution is 8.12. The number of carbonyl (C=O) groups excluding carboxylic acids is 2. The minimum atomic E-state index is -0.569. The van der Waals surface area contributed by atoms with Gasteiger partial charge in [-0.2, -0.15) is 3.71 Å². The lowest BCUT2D eigenvalue weighted by Crippen LogP contribution is -2.21. The summed E-state index contributed by atoms with van der Waals surface area (Å²) in [6.07, 6.45) is 3.59. The van der Waals surface area contributed by atoms with Crippen molar-refractivity contribution in [1.82, 2.24) is 3.71 Å². The Morgan fingerprint density at radius 1 is 1.15 bits per heavy atom. The predicted octanol–water partition coefficient (Wildman–Crippen LogP) is 2.87. The summed E-state index contributed by atoms with van der Waals surface area (Å²) in [6.45, 7) is 0. The fraction of sp³-hybridized carbons (Fsp3) is 0.333. The average molecular weight is 317 g/mol. The molecule has 0 fully saturated rings. The van der Waals surface area contributed by atoms with E-state index in [2.05, 4.69) is 0 Å². The van der Waals surface area contributed by atoms with Crippen LogP contribution < -0.4 is 14.2 Å². The number of carbonyl (C=O) groups is 2.